The summed E-state index contributed by atoms with van der Waals surface area (Å²) in [6.07, 6.45) is 3.48. The predicted molar refractivity (Wildman–Crippen MR) is 70.7 cm³/mol. The Balaban J connectivity index is 2.10. The minimum absolute atomic E-state index is 0.313. The van der Waals surface area contributed by atoms with Gasteiger partial charge in [-0.05, 0) is 24.1 Å². The van der Waals surface area contributed by atoms with Crippen LogP contribution in [0.3, 0.4) is 0 Å². The highest BCUT2D eigenvalue weighted by Crippen LogP contribution is 2.13. The number of benzene rings is 1. The summed E-state index contributed by atoms with van der Waals surface area (Å²) in [6, 6.07) is 6.71. The van der Waals surface area contributed by atoms with Crippen LogP contribution in [-0.4, -0.2) is 24.8 Å². The molecule has 0 saturated heterocycles. The van der Waals surface area contributed by atoms with Crippen LogP contribution in [0.15, 0.2) is 33.7 Å². The first-order valence-electron chi connectivity index (χ1n) is 6.09. The molecule has 0 unspecified atom stereocenters. The summed E-state index contributed by atoms with van der Waals surface area (Å²) in [5.41, 5.74) is 0.944. The smallest absolute Gasteiger partial charge is 0.231 e. The van der Waals surface area contributed by atoms with Crippen LogP contribution < -0.4 is 0 Å². The van der Waals surface area contributed by atoms with Gasteiger partial charge in [-0.3, -0.25) is 0 Å². The maximum Gasteiger partial charge on any atom is 0.231 e. The largest absolute Gasteiger partial charge is 0.339 e. The first-order chi connectivity index (χ1) is 8.99. The summed E-state index contributed by atoms with van der Waals surface area (Å²) in [7, 11) is -3.15. The van der Waals surface area contributed by atoms with E-state index in [0.29, 0.717) is 23.0 Å². The number of hydrogen-bond donors (Lipinski definition) is 0. The summed E-state index contributed by atoms with van der Waals surface area (Å²) >= 11 is 0. The normalized spacial score (nSPS) is 11.7. The molecule has 1 aromatic heterocycles. The van der Waals surface area contributed by atoms with Crippen LogP contribution in [0, 0.1) is 0 Å². The van der Waals surface area contributed by atoms with Crippen molar-refractivity contribution in [2.45, 2.75) is 31.1 Å². The minimum atomic E-state index is -3.15. The zero-order valence-corrected chi connectivity index (χ0v) is 11.8. The van der Waals surface area contributed by atoms with Crippen molar-refractivity contribution in [3.05, 3.63) is 41.5 Å². The van der Waals surface area contributed by atoms with Crippen molar-refractivity contribution in [2.75, 3.05) is 6.26 Å². The van der Waals surface area contributed by atoms with Gasteiger partial charge in [0, 0.05) is 12.7 Å². The van der Waals surface area contributed by atoms with Crippen molar-refractivity contribution in [1.82, 2.24) is 10.1 Å². The van der Waals surface area contributed by atoms with E-state index in [2.05, 4.69) is 17.1 Å². The average Bonchev–Trinajstić information content (AvgIpc) is 2.77. The molecule has 5 nitrogen and oxygen atoms in total. The molecule has 1 heterocycles. The summed E-state index contributed by atoms with van der Waals surface area (Å²) in [5, 5.41) is 3.88. The summed E-state index contributed by atoms with van der Waals surface area (Å²) in [5.74, 6) is 1.26. The Bertz CT molecular complexity index is 645. The monoisotopic (exact) mass is 280 g/mol. The van der Waals surface area contributed by atoms with Crippen LogP contribution in [0.1, 0.15) is 30.6 Å². The Kier molecular flexibility index (Phi) is 3.99. The lowest BCUT2D eigenvalue weighted by Crippen LogP contribution is -1.97. The lowest BCUT2D eigenvalue weighted by atomic mass is 10.1. The molecule has 0 radical (unpaired) electrons. The molecule has 2 rings (SSSR count). The van der Waals surface area contributed by atoms with Crippen molar-refractivity contribution < 1.29 is 12.9 Å². The topological polar surface area (TPSA) is 73.1 Å². The maximum absolute atomic E-state index is 11.3. The van der Waals surface area contributed by atoms with E-state index in [4.69, 9.17) is 4.52 Å². The first kappa shape index (κ1) is 13.7. The van der Waals surface area contributed by atoms with Gasteiger partial charge < -0.3 is 4.52 Å². The fraction of sp³-hybridized carbons (Fsp3) is 0.385. The number of aromatic nitrogens is 2. The zero-order valence-electron chi connectivity index (χ0n) is 11.0. The van der Waals surface area contributed by atoms with Crippen LogP contribution in [0.5, 0.6) is 0 Å². The Morgan fingerprint density at radius 3 is 2.47 bits per heavy atom. The van der Waals surface area contributed by atoms with E-state index in [1.807, 2.05) is 0 Å². The molecule has 2 aromatic rings. The van der Waals surface area contributed by atoms with Gasteiger partial charge in [0.2, 0.25) is 5.89 Å². The molecule has 0 spiro atoms. The molecule has 0 aliphatic carbocycles. The molecule has 0 aliphatic rings. The third-order valence-electron chi connectivity index (χ3n) is 2.69. The second-order valence-corrected chi connectivity index (χ2v) is 6.46. The molecule has 0 bridgehead atoms. The predicted octanol–water partition coefficient (Wildman–Crippen LogP) is 2.02. The molecule has 1 aromatic carbocycles. The number of aryl methyl sites for hydroxylation is 1. The van der Waals surface area contributed by atoms with Crippen LogP contribution in [-0.2, 0) is 22.7 Å². The van der Waals surface area contributed by atoms with Gasteiger partial charge in [0.1, 0.15) is 0 Å². The number of sulfone groups is 1. The molecular formula is C13H16N2O3S. The molecule has 0 amide bonds. The quantitative estimate of drug-likeness (QED) is 0.837. The Morgan fingerprint density at radius 2 is 1.89 bits per heavy atom. The maximum atomic E-state index is 11.3. The molecule has 102 valence electrons. The van der Waals surface area contributed by atoms with Crippen LogP contribution >= 0.6 is 0 Å². The minimum Gasteiger partial charge on any atom is -0.339 e. The van der Waals surface area contributed by atoms with Gasteiger partial charge in [0.15, 0.2) is 15.7 Å². The number of hydrogen-bond acceptors (Lipinski definition) is 5. The molecule has 0 fully saturated rings. The summed E-state index contributed by atoms with van der Waals surface area (Å²) in [4.78, 5) is 4.58. The lowest BCUT2D eigenvalue weighted by Gasteiger charge is -2.00. The van der Waals surface area contributed by atoms with E-state index in [1.165, 1.54) is 6.26 Å². The van der Waals surface area contributed by atoms with Crippen molar-refractivity contribution in [2.24, 2.45) is 0 Å². The molecule has 6 heteroatoms. The summed E-state index contributed by atoms with van der Waals surface area (Å²) < 4.78 is 27.8. The van der Waals surface area contributed by atoms with Crippen LogP contribution in [0.4, 0.5) is 0 Å². The lowest BCUT2D eigenvalue weighted by molar-refractivity contribution is 0.379. The molecule has 19 heavy (non-hydrogen) atoms. The average molecular weight is 280 g/mol. The molecule has 0 atom stereocenters. The van der Waals surface area contributed by atoms with Gasteiger partial charge in [0.25, 0.3) is 0 Å². The van der Waals surface area contributed by atoms with Gasteiger partial charge in [0.05, 0.1) is 11.3 Å². The van der Waals surface area contributed by atoms with Crippen molar-refractivity contribution in [1.29, 1.82) is 0 Å². The Hall–Kier alpha value is -1.69. The Labute approximate surface area is 112 Å². The van der Waals surface area contributed by atoms with E-state index in [-0.39, 0.29) is 0 Å². The van der Waals surface area contributed by atoms with Crippen molar-refractivity contribution >= 4 is 9.84 Å². The highest BCUT2D eigenvalue weighted by Gasteiger charge is 2.09. The third kappa shape index (κ3) is 3.64. The Morgan fingerprint density at radius 1 is 1.21 bits per heavy atom. The SMILES string of the molecule is CCCc1noc(Cc2ccc(S(C)(=O)=O)cc2)n1. The van der Waals surface area contributed by atoms with Crippen molar-refractivity contribution in [3.63, 3.8) is 0 Å². The second kappa shape index (κ2) is 5.52. The molecular weight excluding hydrogens is 264 g/mol. The molecule has 0 saturated carbocycles. The molecule has 0 N–H and O–H groups in total. The van der Waals surface area contributed by atoms with E-state index in [1.54, 1.807) is 24.3 Å². The van der Waals surface area contributed by atoms with Gasteiger partial charge in [-0.25, -0.2) is 8.42 Å². The zero-order chi connectivity index (χ0) is 13.9. The van der Waals surface area contributed by atoms with Gasteiger partial charge >= 0.3 is 0 Å². The van der Waals surface area contributed by atoms with E-state index >= 15 is 0 Å². The fourth-order valence-electron chi connectivity index (χ4n) is 1.72. The standard InChI is InChI=1S/C13H16N2O3S/c1-3-4-12-14-13(18-15-12)9-10-5-7-11(8-6-10)19(2,16)17/h5-8H,3-4,9H2,1-2H3. The van der Waals surface area contributed by atoms with Gasteiger partial charge in [-0.2, -0.15) is 4.98 Å². The highest BCUT2D eigenvalue weighted by atomic mass is 32.2. The van der Waals surface area contributed by atoms with Crippen molar-refractivity contribution in [3.8, 4) is 0 Å². The third-order valence-corrected chi connectivity index (χ3v) is 3.82. The first-order valence-corrected chi connectivity index (χ1v) is 7.98. The van der Waals surface area contributed by atoms with E-state index in [9.17, 15) is 8.42 Å². The molecule has 0 aliphatic heterocycles. The van der Waals surface area contributed by atoms with Gasteiger partial charge in [-0.1, -0.05) is 24.2 Å². The van der Waals surface area contributed by atoms with E-state index in [0.717, 1.165) is 18.4 Å². The second-order valence-electron chi connectivity index (χ2n) is 4.45. The van der Waals surface area contributed by atoms with Gasteiger partial charge in [-0.15, -0.1) is 0 Å². The summed E-state index contributed by atoms with van der Waals surface area (Å²) in [6.45, 7) is 2.06. The van der Waals surface area contributed by atoms with Crippen LogP contribution in [0.2, 0.25) is 0 Å². The number of rotatable bonds is 5. The highest BCUT2D eigenvalue weighted by molar-refractivity contribution is 7.90. The number of nitrogens with zero attached hydrogens (tertiary/aromatic N) is 2. The van der Waals surface area contributed by atoms with Crippen LogP contribution in [0.25, 0.3) is 0 Å². The van der Waals surface area contributed by atoms with E-state index < -0.39 is 9.84 Å². The fourth-order valence-corrected chi connectivity index (χ4v) is 2.35.